The fourth-order valence-corrected chi connectivity index (χ4v) is 2.02. The molecule has 0 aliphatic heterocycles. The number of hydrogen-bond acceptors (Lipinski definition) is 5. The van der Waals surface area contributed by atoms with Gasteiger partial charge in [-0.3, -0.25) is 4.79 Å². The van der Waals surface area contributed by atoms with Gasteiger partial charge in [0.25, 0.3) is 5.91 Å². The smallest absolute Gasteiger partial charge is 0.441 e. The zero-order valence-electron chi connectivity index (χ0n) is 13.3. The van der Waals surface area contributed by atoms with Crippen molar-refractivity contribution in [3.63, 3.8) is 0 Å². The van der Waals surface area contributed by atoms with Crippen molar-refractivity contribution in [3.05, 3.63) is 60.0 Å². The molecule has 0 aliphatic rings. The fraction of sp³-hybridized carbons (Fsp3) is 0.188. The molecule has 0 fully saturated rings. The second-order valence-electron chi connectivity index (χ2n) is 5.04. The van der Waals surface area contributed by atoms with E-state index in [1.807, 2.05) is 5.32 Å². The van der Waals surface area contributed by atoms with Gasteiger partial charge in [-0.2, -0.15) is 13.2 Å². The fourth-order valence-electron chi connectivity index (χ4n) is 2.02. The molecule has 1 atom stereocenters. The van der Waals surface area contributed by atoms with E-state index in [1.165, 1.54) is 24.4 Å². The van der Waals surface area contributed by atoms with Crippen LogP contribution in [0.15, 0.2) is 48.7 Å². The molecule has 0 radical (unpaired) electrons. The van der Waals surface area contributed by atoms with Crippen molar-refractivity contribution < 1.29 is 31.9 Å². The summed E-state index contributed by atoms with van der Waals surface area (Å²) in [6.07, 6.45) is -4.09. The molecule has 2 rings (SSSR count). The molecular formula is C16H13F4N3O3. The van der Waals surface area contributed by atoms with E-state index in [9.17, 15) is 27.2 Å². The number of esters is 1. The van der Waals surface area contributed by atoms with Gasteiger partial charge in [-0.15, -0.1) is 0 Å². The first kappa shape index (κ1) is 19.2. The van der Waals surface area contributed by atoms with E-state index >= 15 is 0 Å². The summed E-state index contributed by atoms with van der Waals surface area (Å²) in [5, 5.41) is 3.47. The number of anilines is 1. The van der Waals surface area contributed by atoms with E-state index < -0.39 is 29.5 Å². The van der Waals surface area contributed by atoms with Crippen LogP contribution in [0.3, 0.4) is 0 Å². The van der Waals surface area contributed by atoms with Gasteiger partial charge in [0, 0.05) is 11.8 Å². The van der Waals surface area contributed by atoms with Crippen LogP contribution in [0.1, 0.15) is 10.4 Å². The molecule has 10 heteroatoms. The summed E-state index contributed by atoms with van der Waals surface area (Å²) in [7, 11) is 0.743. The van der Waals surface area contributed by atoms with Crippen LogP contribution >= 0.6 is 0 Å². The molecule has 0 aliphatic carbocycles. The van der Waals surface area contributed by atoms with Gasteiger partial charge in [0.1, 0.15) is 11.6 Å². The number of rotatable bonds is 5. The maximum atomic E-state index is 13.8. The molecule has 0 unspecified atom stereocenters. The third kappa shape index (κ3) is 3.90. The van der Waals surface area contributed by atoms with Crippen molar-refractivity contribution in [2.45, 2.75) is 11.8 Å². The molecule has 1 aromatic heterocycles. The van der Waals surface area contributed by atoms with Crippen molar-refractivity contribution in [2.24, 2.45) is 0 Å². The molecule has 2 aromatic rings. The zero-order chi connectivity index (χ0) is 19.4. The Morgan fingerprint density at radius 2 is 1.73 bits per heavy atom. The molecule has 6 nitrogen and oxygen atoms in total. The van der Waals surface area contributed by atoms with Crippen molar-refractivity contribution in [3.8, 4) is 0 Å². The predicted octanol–water partition coefficient (Wildman–Crippen LogP) is 2.49. The number of methoxy groups -OCH3 is 1. The summed E-state index contributed by atoms with van der Waals surface area (Å²) in [6, 6.07) is 7.76. The van der Waals surface area contributed by atoms with Gasteiger partial charge in [0.05, 0.1) is 7.11 Å². The van der Waals surface area contributed by atoms with Gasteiger partial charge in [-0.25, -0.2) is 14.2 Å². The lowest BCUT2D eigenvalue weighted by atomic mass is 10.1. The number of amides is 1. The van der Waals surface area contributed by atoms with Crippen LogP contribution in [0.5, 0.6) is 0 Å². The summed E-state index contributed by atoms with van der Waals surface area (Å²) >= 11 is 0. The lowest BCUT2D eigenvalue weighted by molar-refractivity contribution is -0.203. The zero-order valence-corrected chi connectivity index (χ0v) is 13.3. The number of pyridine rings is 1. The molecule has 1 aromatic carbocycles. The molecule has 0 saturated heterocycles. The molecule has 0 bridgehead atoms. The predicted molar refractivity (Wildman–Crippen MR) is 82.5 cm³/mol. The summed E-state index contributed by atoms with van der Waals surface area (Å²) < 4.78 is 58.5. The molecular weight excluding hydrogens is 358 g/mol. The minimum atomic E-state index is -5.28. The number of alkyl halides is 3. The Bertz CT molecular complexity index is 782. The number of benzene rings is 1. The highest BCUT2D eigenvalue weighted by Crippen LogP contribution is 2.32. The van der Waals surface area contributed by atoms with Crippen LogP contribution in [0, 0.1) is 5.82 Å². The van der Waals surface area contributed by atoms with Crippen LogP contribution in [0.25, 0.3) is 0 Å². The number of carbonyl (C=O) groups excluding carboxylic acids is 2. The first-order valence-corrected chi connectivity index (χ1v) is 7.12. The van der Waals surface area contributed by atoms with Gasteiger partial charge in [-0.1, -0.05) is 6.07 Å². The van der Waals surface area contributed by atoms with Crippen molar-refractivity contribution >= 4 is 17.7 Å². The average Bonchev–Trinajstić information content (AvgIpc) is 2.60. The highest BCUT2D eigenvalue weighted by atomic mass is 19.4. The summed E-state index contributed by atoms with van der Waals surface area (Å²) in [5.74, 6) is -4.07. The molecule has 1 amide bonds. The topological polar surface area (TPSA) is 80.3 Å². The first-order chi connectivity index (χ1) is 12.2. The minimum Gasteiger partial charge on any atom is -0.466 e. The van der Waals surface area contributed by atoms with E-state index in [0.717, 1.165) is 31.4 Å². The lowest BCUT2D eigenvalue weighted by Gasteiger charge is -2.34. The molecule has 1 heterocycles. The van der Waals surface area contributed by atoms with Crippen molar-refractivity contribution in [2.75, 3.05) is 12.4 Å². The summed E-state index contributed by atoms with van der Waals surface area (Å²) in [6.45, 7) is 0. The Labute approximate surface area is 145 Å². The number of halogens is 4. The molecule has 26 heavy (non-hydrogen) atoms. The largest absolute Gasteiger partial charge is 0.466 e. The number of hydrogen-bond donors (Lipinski definition) is 2. The monoisotopic (exact) mass is 371 g/mol. The molecule has 0 spiro atoms. The number of carbonyl (C=O) groups is 2. The number of nitrogens with zero attached hydrogens (tertiary/aromatic N) is 1. The molecule has 2 N–H and O–H groups in total. The Kier molecular flexibility index (Phi) is 5.44. The lowest BCUT2D eigenvalue weighted by Crippen LogP contribution is -2.69. The standard InChI is InChI=1S/C16H13F4N3O3/c1-26-14(25)15(16(18,19)20,22-12-4-2-3-9-21-12)23-13(24)10-5-7-11(17)8-6-10/h2-9H,1H3,(H,21,22)(H,23,24)/t15-/m0/s1. The van der Waals surface area contributed by atoms with Crippen molar-refractivity contribution in [1.82, 2.24) is 10.3 Å². The molecule has 0 saturated carbocycles. The van der Waals surface area contributed by atoms with E-state index in [2.05, 4.69) is 9.72 Å². The third-order valence-corrected chi connectivity index (χ3v) is 3.30. The maximum Gasteiger partial charge on any atom is 0.441 e. The highest BCUT2D eigenvalue weighted by molar-refractivity contribution is 5.99. The van der Waals surface area contributed by atoms with Crippen LogP contribution in [-0.2, 0) is 9.53 Å². The maximum absolute atomic E-state index is 13.8. The van der Waals surface area contributed by atoms with Gasteiger partial charge in [-0.05, 0) is 36.4 Å². The molecule has 138 valence electrons. The highest BCUT2D eigenvalue weighted by Gasteiger charge is 2.63. The Morgan fingerprint density at radius 1 is 1.08 bits per heavy atom. The van der Waals surface area contributed by atoms with Crippen LogP contribution in [0.2, 0.25) is 0 Å². The quantitative estimate of drug-likeness (QED) is 0.480. The van der Waals surface area contributed by atoms with Crippen molar-refractivity contribution in [1.29, 1.82) is 0 Å². The number of ether oxygens (including phenoxy) is 1. The van der Waals surface area contributed by atoms with Crippen LogP contribution < -0.4 is 10.6 Å². The first-order valence-electron chi connectivity index (χ1n) is 7.12. The SMILES string of the molecule is COC(=O)[C@@](NC(=O)c1ccc(F)cc1)(Nc1ccccn1)C(F)(F)F. The van der Waals surface area contributed by atoms with E-state index in [0.29, 0.717) is 0 Å². The third-order valence-electron chi connectivity index (χ3n) is 3.30. The second-order valence-corrected chi connectivity index (χ2v) is 5.04. The Hall–Kier alpha value is -3.17. The Morgan fingerprint density at radius 3 is 2.23 bits per heavy atom. The number of aromatic nitrogens is 1. The van der Waals surface area contributed by atoms with Crippen LogP contribution in [0.4, 0.5) is 23.4 Å². The Balaban J connectivity index is 2.46. The number of nitrogens with one attached hydrogen (secondary N) is 2. The minimum absolute atomic E-state index is 0.285. The van der Waals surface area contributed by atoms with Crippen LogP contribution in [-0.4, -0.2) is 35.8 Å². The summed E-state index contributed by atoms with van der Waals surface area (Å²) in [4.78, 5) is 27.9. The van der Waals surface area contributed by atoms with E-state index in [4.69, 9.17) is 0 Å². The summed E-state index contributed by atoms with van der Waals surface area (Å²) in [5.41, 5.74) is -3.88. The normalized spacial score (nSPS) is 13.4. The second kappa shape index (κ2) is 7.38. The van der Waals surface area contributed by atoms with Gasteiger partial charge < -0.3 is 15.4 Å². The van der Waals surface area contributed by atoms with E-state index in [-0.39, 0.29) is 11.4 Å². The van der Waals surface area contributed by atoms with E-state index in [1.54, 1.807) is 5.32 Å². The van der Waals surface area contributed by atoms with Gasteiger partial charge in [0.15, 0.2) is 0 Å². The van der Waals surface area contributed by atoms with Gasteiger partial charge in [0.2, 0.25) is 0 Å². The van der Waals surface area contributed by atoms with Gasteiger partial charge >= 0.3 is 17.8 Å². The average molecular weight is 371 g/mol.